The molecule has 130 valence electrons. The molecule has 0 rings (SSSR count). The van der Waals surface area contributed by atoms with Crippen molar-refractivity contribution in [2.45, 2.75) is 59.0 Å². The second-order valence-electron chi connectivity index (χ2n) is 4.53. The maximum Gasteiger partial charge on any atom is 0.500 e. The molecule has 0 spiro atoms. The Balaban J connectivity index is 0. The SMILES string of the molecule is CCCC[SiH](OCC)OCC.CCC[Si](OC)(OC)OC. The zero-order valence-electron chi connectivity index (χ0n) is 15.1. The third-order valence-electron chi connectivity index (χ3n) is 2.99. The van der Waals surface area contributed by atoms with E-state index in [0.29, 0.717) is 0 Å². The quantitative estimate of drug-likeness (QED) is 0.510. The van der Waals surface area contributed by atoms with Gasteiger partial charge in [0.2, 0.25) is 0 Å². The molecule has 0 heterocycles. The van der Waals surface area contributed by atoms with Gasteiger partial charge in [-0.05, 0) is 19.9 Å². The lowest BCUT2D eigenvalue weighted by atomic mass is 10.4. The molecule has 0 amide bonds. The molecule has 0 unspecified atom stereocenters. The van der Waals surface area contributed by atoms with Crippen molar-refractivity contribution in [3.05, 3.63) is 0 Å². The molecule has 0 fully saturated rings. The molecular formula is C14H36O5Si2. The molecule has 0 aromatic rings. The Kier molecular flexibility index (Phi) is 18.6. The second-order valence-corrected chi connectivity index (χ2v) is 9.72. The molecule has 0 aromatic heterocycles. The summed E-state index contributed by atoms with van der Waals surface area (Å²) >= 11 is 0. The fourth-order valence-electron chi connectivity index (χ4n) is 1.82. The topological polar surface area (TPSA) is 46.2 Å². The van der Waals surface area contributed by atoms with E-state index in [1.165, 1.54) is 12.8 Å². The highest BCUT2D eigenvalue weighted by Gasteiger charge is 2.36. The Morgan fingerprint density at radius 1 is 0.762 bits per heavy atom. The molecule has 0 aliphatic rings. The van der Waals surface area contributed by atoms with E-state index in [0.717, 1.165) is 31.7 Å². The van der Waals surface area contributed by atoms with Gasteiger partial charge in [0.05, 0.1) is 0 Å². The van der Waals surface area contributed by atoms with Crippen molar-refractivity contribution < 1.29 is 22.1 Å². The summed E-state index contributed by atoms with van der Waals surface area (Å²) < 4.78 is 26.5. The first-order chi connectivity index (χ1) is 10.1. The van der Waals surface area contributed by atoms with Gasteiger partial charge in [-0.25, -0.2) is 0 Å². The van der Waals surface area contributed by atoms with Gasteiger partial charge >= 0.3 is 18.1 Å². The zero-order valence-corrected chi connectivity index (χ0v) is 17.2. The van der Waals surface area contributed by atoms with E-state index in [-0.39, 0.29) is 0 Å². The largest absolute Gasteiger partial charge is 0.500 e. The van der Waals surface area contributed by atoms with Crippen molar-refractivity contribution in [1.29, 1.82) is 0 Å². The average molecular weight is 341 g/mol. The summed E-state index contributed by atoms with van der Waals surface area (Å²) in [5.41, 5.74) is 0. The van der Waals surface area contributed by atoms with Crippen LogP contribution in [0.25, 0.3) is 0 Å². The normalized spacial score (nSPS) is 11.4. The number of hydrogen-bond donors (Lipinski definition) is 0. The summed E-state index contributed by atoms with van der Waals surface area (Å²) in [5, 5.41) is 0. The van der Waals surface area contributed by atoms with Crippen LogP contribution in [0.5, 0.6) is 0 Å². The van der Waals surface area contributed by atoms with E-state index < -0.39 is 18.1 Å². The fourth-order valence-corrected chi connectivity index (χ4v) is 5.46. The molecule has 0 saturated carbocycles. The average Bonchev–Trinajstić information content (AvgIpc) is 2.51. The maximum absolute atomic E-state index is 5.50. The lowest BCUT2D eigenvalue weighted by Crippen LogP contribution is -2.42. The monoisotopic (exact) mass is 340 g/mol. The first kappa shape index (κ1) is 23.5. The highest BCUT2D eigenvalue weighted by atomic mass is 28.4. The van der Waals surface area contributed by atoms with Gasteiger partial charge in [0, 0.05) is 40.6 Å². The van der Waals surface area contributed by atoms with Gasteiger partial charge in [0.1, 0.15) is 0 Å². The summed E-state index contributed by atoms with van der Waals surface area (Å²) in [4.78, 5) is 0. The van der Waals surface area contributed by atoms with Gasteiger partial charge in [-0.2, -0.15) is 0 Å². The van der Waals surface area contributed by atoms with Crippen molar-refractivity contribution in [2.75, 3.05) is 34.5 Å². The van der Waals surface area contributed by atoms with Crippen molar-refractivity contribution >= 4 is 18.1 Å². The van der Waals surface area contributed by atoms with Crippen LogP contribution in [0.15, 0.2) is 0 Å². The highest BCUT2D eigenvalue weighted by Crippen LogP contribution is 2.13. The van der Waals surface area contributed by atoms with Crippen LogP contribution in [0, 0.1) is 0 Å². The summed E-state index contributed by atoms with van der Waals surface area (Å²) in [5.74, 6) is 0. The Morgan fingerprint density at radius 3 is 1.48 bits per heavy atom. The Labute approximate surface area is 134 Å². The van der Waals surface area contributed by atoms with E-state index in [2.05, 4.69) is 13.8 Å². The van der Waals surface area contributed by atoms with Crippen LogP contribution in [-0.2, 0) is 22.1 Å². The van der Waals surface area contributed by atoms with E-state index in [9.17, 15) is 0 Å². The molecule has 0 aromatic carbocycles. The summed E-state index contributed by atoms with van der Waals surface area (Å²) in [6.07, 6.45) is 3.52. The Hall–Kier alpha value is 0.234. The summed E-state index contributed by atoms with van der Waals surface area (Å²) in [6.45, 7) is 9.96. The van der Waals surface area contributed by atoms with Crippen LogP contribution in [0.2, 0.25) is 12.1 Å². The van der Waals surface area contributed by atoms with Crippen LogP contribution < -0.4 is 0 Å². The molecule has 7 heteroatoms. The van der Waals surface area contributed by atoms with Crippen molar-refractivity contribution in [1.82, 2.24) is 0 Å². The smallest absolute Gasteiger partial charge is 0.397 e. The van der Waals surface area contributed by atoms with Gasteiger partial charge in [-0.3, -0.25) is 0 Å². The van der Waals surface area contributed by atoms with Crippen molar-refractivity contribution in [3.8, 4) is 0 Å². The molecule has 0 radical (unpaired) electrons. The molecule has 0 bridgehead atoms. The predicted molar refractivity (Wildman–Crippen MR) is 92.0 cm³/mol. The molecule has 0 N–H and O–H groups in total. The minimum atomic E-state index is -2.22. The first-order valence-electron chi connectivity index (χ1n) is 7.98. The lowest BCUT2D eigenvalue weighted by Gasteiger charge is -2.23. The summed E-state index contributed by atoms with van der Waals surface area (Å²) in [7, 11) is 1.43. The van der Waals surface area contributed by atoms with Gasteiger partial charge in [-0.15, -0.1) is 0 Å². The molecular weight excluding hydrogens is 304 g/mol. The first-order valence-corrected chi connectivity index (χ1v) is 11.7. The van der Waals surface area contributed by atoms with E-state index in [1.54, 1.807) is 21.3 Å². The Morgan fingerprint density at radius 2 is 1.24 bits per heavy atom. The lowest BCUT2D eigenvalue weighted by molar-refractivity contribution is 0.123. The molecule has 5 nitrogen and oxygen atoms in total. The van der Waals surface area contributed by atoms with Gasteiger partial charge in [-0.1, -0.05) is 33.1 Å². The molecule has 21 heavy (non-hydrogen) atoms. The van der Waals surface area contributed by atoms with Crippen LogP contribution >= 0.6 is 0 Å². The van der Waals surface area contributed by atoms with E-state index in [1.807, 2.05) is 13.8 Å². The minimum Gasteiger partial charge on any atom is -0.397 e. The fraction of sp³-hybridized carbons (Fsp3) is 1.00. The zero-order chi connectivity index (χ0) is 16.6. The van der Waals surface area contributed by atoms with Crippen LogP contribution in [0.3, 0.4) is 0 Å². The van der Waals surface area contributed by atoms with Crippen LogP contribution in [0.4, 0.5) is 0 Å². The number of hydrogen-bond acceptors (Lipinski definition) is 5. The standard InChI is InChI=1S/C8H20O2Si.C6H16O3Si/c1-4-7-8-11(9-5-2)10-6-3;1-5-6-10(7-2,8-3)9-4/h11H,4-8H2,1-3H3;5-6H2,1-4H3. The number of rotatable bonds is 12. The molecule has 0 saturated heterocycles. The van der Waals surface area contributed by atoms with E-state index >= 15 is 0 Å². The van der Waals surface area contributed by atoms with Gasteiger partial charge in [0.15, 0.2) is 0 Å². The van der Waals surface area contributed by atoms with Gasteiger partial charge < -0.3 is 22.1 Å². The number of unbranched alkanes of at least 4 members (excludes halogenated alkanes) is 1. The van der Waals surface area contributed by atoms with Crippen LogP contribution in [-0.4, -0.2) is 52.6 Å². The maximum atomic E-state index is 5.50. The third-order valence-corrected chi connectivity index (χ3v) is 8.26. The summed E-state index contributed by atoms with van der Waals surface area (Å²) in [6, 6.07) is 2.05. The highest BCUT2D eigenvalue weighted by molar-refractivity contribution is 6.60. The van der Waals surface area contributed by atoms with Gasteiger partial charge in [0.25, 0.3) is 0 Å². The van der Waals surface area contributed by atoms with Crippen LogP contribution in [0.1, 0.15) is 47.0 Å². The Bertz CT molecular complexity index is 190. The molecule has 0 aliphatic heterocycles. The second kappa shape index (κ2) is 16.6. The molecule has 0 atom stereocenters. The predicted octanol–water partition coefficient (Wildman–Crippen LogP) is 3.35. The minimum absolute atomic E-state index is 0.806. The third kappa shape index (κ3) is 12.5. The van der Waals surface area contributed by atoms with E-state index in [4.69, 9.17) is 22.1 Å². The van der Waals surface area contributed by atoms with Crippen molar-refractivity contribution in [2.24, 2.45) is 0 Å². The van der Waals surface area contributed by atoms with Crippen molar-refractivity contribution in [3.63, 3.8) is 0 Å². The molecule has 0 aliphatic carbocycles.